The van der Waals surface area contributed by atoms with Gasteiger partial charge >= 0.3 is 0 Å². The number of allylic oxidation sites excluding steroid dienone is 1. The lowest BCUT2D eigenvalue weighted by Crippen LogP contribution is -2.18. The molecule has 0 aliphatic carbocycles. The summed E-state index contributed by atoms with van der Waals surface area (Å²) in [6, 6.07) is 13.3. The molecule has 1 amide bonds. The molecule has 0 aliphatic rings. The highest BCUT2D eigenvalue weighted by atomic mass is 16.2. The number of aromatic nitrogens is 1. The van der Waals surface area contributed by atoms with Crippen LogP contribution in [0.3, 0.4) is 0 Å². The van der Waals surface area contributed by atoms with E-state index in [2.05, 4.69) is 15.5 Å². The first-order chi connectivity index (χ1) is 9.75. The molecule has 0 aliphatic heterocycles. The number of nitrogens with zero attached hydrogens (tertiary/aromatic N) is 2. The molecule has 0 radical (unpaired) electrons. The van der Waals surface area contributed by atoms with Gasteiger partial charge in [-0.3, -0.25) is 9.78 Å². The molecule has 1 heterocycles. The zero-order valence-corrected chi connectivity index (χ0v) is 11.2. The maximum Gasteiger partial charge on any atom is 0.272 e. The topological polar surface area (TPSA) is 54.4 Å². The highest BCUT2D eigenvalue weighted by Crippen LogP contribution is 2.01. The molecule has 0 saturated heterocycles. The molecule has 0 spiro atoms. The van der Waals surface area contributed by atoms with Gasteiger partial charge in [-0.15, -0.1) is 0 Å². The van der Waals surface area contributed by atoms with Gasteiger partial charge in [0.25, 0.3) is 5.91 Å². The summed E-state index contributed by atoms with van der Waals surface area (Å²) in [4.78, 5) is 15.6. The summed E-state index contributed by atoms with van der Waals surface area (Å²) in [5.74, 6) is -0.273. The third kappa shape index (κ3) is 4.17. The number of hydrogen-bond acceptors (Lipinski definition) is 3. The molecule has 0 fully saturated rings. The zero-order chi connectivity index (χ0) is 14.2. The van der Waals surface area contributed by atoms with Crippen molar-refractivity contribution >= 4 is 17.7 Å². The van der Waals surface area contributed by atoms with E-state index in [0.29, 0.717) is 11.3 Å². The van der Waals surface area contributed by atoms with Crippen LogP contribution in [0.15, 0.2) is 66.0 Å². The van der Waals surface area contributed by atoms with E-state index in [1.165, 1.54) is 6.20 Å². The van der Waals surface area contributed by atoms with Crippen LogP contribution in [0.25, 0.3) is 6.08 Å². The van der Waals surface area contributed by atoms with Crippen molar-refractivity contribution in [2.45, 2.75) is 6.92 Å². The highest BCUT2D eigenvalue weighted by Gasteiger charge is 2.02. The van der Waals surface area contributed by atoms with E-state index in [1.54, 1.807) is 18.3 Å². The number of nitrogens with one attached hydrogen (secondary N) is 1. The predicted octanol–water partition coefficient (Wildman–Crippen LogP) is 2.90. The summed E-state index contributed by atoms with van der Waals surface area (Å²) < 4.78 is 0. The van der Waals surface area contributed by atoms with Crippen LogP contribution in [0.2, 0.25) is 0 Å². The van der Waals surface area contributed by atoms with Crippen LogP contribution >= 0.6 is 0 Å². The second-order valence-electron chi connectivity index (χ2n) is 4.18. The Hall–Kier alpha value is -2.75. The fourth-order valence-electron chi connectivity index (χ4n) is 1.52. The quantitative estimate of drug-likeness (QED) is 0.682. The largest absolute Gasteiger partial charge is 0.272 e. The van der Waals surface area contributed by atoms with Crippen molar-refractivity contribution in [3.05, 3.63) is 72.1 Å². The summed E-state index contributed by atoms with van der Waals surface area (Å²) in [6.45, 7) is 1.82. The fraction of sp³-hybridized carbons (Fsp3) is 0.0625. The first-order valence-electron chi connectivity index (χ1n) is 6.23. The number of carbonyl (C=O) groups excluding carboxylic acids is 1. The standard InChI is InChI=1S/C16H15N3O/c1-13(9-10-14-6-3-2-4-7-14)18-19-16(20)15-8-5-11-17-12-15/h2-12H,1H3,(H,19,20). The summed E-state index contributed by atoms with van der Waals surface area (Å²) >= 11 is 0. The SMILES string of the molecule is CC(C=Cc1ccccc1)=NNC(=O)c1cccnc1. The molecule has 1 N–H and O–H groups in total. The Morgan fingerprint density at radius 2 is 2.00 bits per heavy atom. The summed E-state index contributed by atoms with van der Waals surface area (Å²) in [6.07, 6.45) is 6.90. The van der Waals surface area contributed by atoms with Crippen molar-refractivity contribution in [3.8, 4) is 0 Å². The molecule has 4 nitrogen and oxygen atoms in total. The molecule has 0 saturated carbocycles. The minimum absolute atomic E-state index is 0.273. The molecule has 4 heteroatoms. The Balaban J connectivity index is 1.95. The van der Waals surface area contributed by atoms with E-state index >= 15 is 0 Å². The van der Waals surface area contributed by atoms with E-state index in [4.69, 9.17) is 0 Å². The van der Waals surface area contributed by atoms with Crippen molar-refractivity contribution in [1.29, 1.82) is 0 Å². The number of pyridine rings is 1. The van der Waals surface area contributed by atoms with E-state index in [9.17, 15) is 4.79 Å². The lowest BCUT2D eigenvalue weighted by molar-refractivity contribution is 0.0954. The molecule has 100 valence electrons. The van der Waals surface area contributed by atoms with Gasteiger partial charge in [-0.25, -0.2) is 5.43 Å². The Bertz CT molecular complexity index is 619. The lowest BCUT2D eigenvalue weighted by Gasteiger charge is -1.99. The zero-order valence-electron chi connectivity index (χ0n) is 11.2. The van der Waals surface area contributed by atoms with E-state index in [0.717, 1.165) is 5.56 Å². The molecule has 0 atom stereocenters. The third-order valence-electron chi connectivity index (χ3n) is 2.57. The molecule has 0 unspecified atom stereocenters. The number of rotatable bonds is 4. The van der Waals surface area contributed by atoms with E-state index < -0.39 is 0 Å². The van der Waals surface area contributed by atoms with Crippen molar-refractivity contribution in [3.63, 3.8) is 0 Å². The van der Waals surface area contributed by atoms with E-state index in [1.807, 2.05) is 49.4 Å². The minimum atomic E-state index is -0.273. The number of amides is 1. The molecular formula is C16H15N3O. The Morgan fingerprint density at radius 1 is 1.20 bits per heavy atom. The normalized spacial score (nSPS) is 11.6. The minimum Gasteiger partial charge on any atom is -0.267 e. The van der Waals surface area contributed by atoms with E-state index in [-0.39, 0.29) is 5.91 Å². The third-order valence-corrected chi connectivity index (χ3v) is 2.57. The monoisotopic (exact) mass is 265 g/mol. The van der Waals surface area contributed by atoms with Crippen LogP contribution in [-0.4, -0.2) is 16.6 Å². The smallest absolute Gasteiger partial charge is 0.267 e. The van der Waals surface area contributed by atoms with Crippen LogP contribution in [-0.2, 0) is 0 Å². The number of hydrogen-bond donors (Lipinski definition) is 1. The predicted molar refractivity (Wildman–Crippen MR) is 80.3 cm³/mol. The average Bonchev–Trinajstić information content (AvgIpc) is 2.52. The van der Waals surface area contributed by atoms with Crippen molar-refractivity contribution < 1.29 is 4.79 Å². The first kappa shape index (κ1) is 13.7. The second-order valence-corrected chi connectivity index (χ2v) is 4.18. The molecule has 2 rings (SSSR count). The second kappa shape index (κ2) is 6.99. The van der Waals surface area contributed by atoms with Gasteiger partial charge in [-0.1, -0.05) is 36.4 Å². The maximum atomic E-state index is 11.7. The van der Waals surface area contributed by atoms with Gasteiger partial charge in [0, 0.05) is 12.4 Å². The maximum absolute atomic E-state index is 11.7. The van der Waals surface area contributed by atoms with Gasteiger partial charge in [0.1, 0.15) is 0 Å². The summed E-state index contributed by atoms with van der Waals surface area (Å²) in [5, 5.41) is 4.02. The van der Waals surface area contributed by atoms with Gasteiger partial charge < -0.3 is 0 Å². The first-order valence-corrected chi connectivity index (χ1v) is 6.23. The van der Waals surface area contributed by atoms with Crippen molar-refractivity contribution in [1.82, 2.24) is 10.4 Å². The van der Waals surface area contributed by atoms with Gasteiger partial charge in [0.05, 0.1) is 11.3 Å². The van der Waals surface area contributed by atoms with Gasteiger partial charge in [0.2, 0.25) is 0 Å². The Labute approximate surface area is 117 Å². The molecule has 1 aromatic heterocycles. The van der Waals surface area contributed by atoms with Crippen LogP contribution in [0.5, 0.6) is 0 Å². The van der Waals surface area contributed by atoms with Crippen molar-refractivity contribution in [2.75, 3.05) is 0 Å². The number of hydrazone groups is 1. The van der Waals surface area contributed by atoms with Crippen molar-refractivity contribution in [2.24, 2.45) is 5.10 Å². The molecule has 1 aromatic carbocycles. The summed E-state index contributed by atoms with van der Waals surface area (Å²) in [7, 11) is 0. The average molecular weight is 265 g/mol. The van der Waals surface area contributed by atoms with Crippen LogP contribution < -0.4 is 5.43 Å². The van der Waals surface area contributed by atoms with Crippen LogP contribution in [0, 0.1) is 0 Å². The number of benzene rings is 1. The molecular weight excluding hydrogens is 250 g/mol. The number of carbonyl (C=O) groups is 1. The fourth-order valence-corrected chi connectivity index (χ4v) is 1.52. The van der Waals surface area contributed by atoms with Gasteiger partial charge in [-0.2, -0.15) is 5.10 Å². The Morgan fingerprint density at radius 3 is 2.70 bits per heavy atom. The highest BCUT2D eigenvalue weighted by molar-refractivity contribution is 5.99. The van der Waals surface area contributed by atoms with Crippen LogP contribution in [0.4, 0.5) is 0 Å². The lowest BCUT2D eigenvalue weighted by atomic mass is 10.2. The summed E-state index contributed by atoms with van der Waals surface area (Å²) in [5.41, 5.74) is 4.77. The van der Waals surface area contributed by atoms with Gasteiger partial charge in [-0.05, 0) is 30.7 Å². The Kier molecular flexibility index (Phi) is 4.78. The molecule has 20 heavy (non-hydrogen) atoms. The van der Waals surface area contributed by atoms with Crippen LogP contribution in [0.1, 0.15) is 22.8 Å². The van der Waals surface area contributed by atoms with Gasteiger partial charge in [0.15, 0.2) is 0 Å². The molecule has 2 aromatic rings. The molecule has 0 bridgehead atoms.